The molecule has 0 aromatic heterocycles. The zero-order chi connectivity index (χ0) is 19.1. The van der Waals surface area contributed by atoms with Gasteiger partial charge in [-0.25, -0.2) is 0 Å². The summed E-state index contributed by atoms with van der Waals surface area (Å²) in [6.45, 7) is 3.73. The van der Waals surface area contributed by atoms with Crippen LogP contribution in [0.1, 0.15) is 47.4 Å². The largest absolute Gasteiger partial charge is 0.350 e. The summed E-state index contributed by atoms with van der Waals surface area (Å²) in [5, 5.41) is 6.05. The van der Waals surface area contributed by atoms with Crippen LogP contribution in [0.25, 0.3) is 0 Å². The summed E-state index contributed by atoms with van der Waals surface area (Å²) in [7, 11) is 0. The molecule has 2 rings (SSSR count). The van der Waals surface area contributed by atoms with Gasteiger partial charge in [-0.15, -0.1) is 0 Å². The van der Waals surface area contributed by atoms with Gasteiger partial charge in [-0.3, -0.25) is 14.4 Å². The minimum atomic E-state index is -0.322. The molecule has 0 aliphatic rings. The van der Waals surface area contributed by atoms with E-state index in [1.807, 2.05) is 13.8 Å². The number of carbonyl (C=O) groups excluding carboxylic acids is 3. The Hall–Kier alpha value is -2.66. The Kier molecular flexibility index (Phi) is 6.92. The van der Waals surface area contributed by atoms with Gasteiger partial charge >= 0.3 is 0 Å². The monoisotopic (exact) mass is 372 g/mol. The number of rotatable bonds is 7. The molecule has 0 aliphatic carbocycles. The van der Waals surface area contributed by atoms with Crippen molar-refractivity contribution in [1.29, 1.82) is 0 Å². The minimum Gasteiger partial charge on any atom is -0.350 e. The molecule has 6 heteroatoms. The first-order valence-corrected chi connectivity index (χ1v) is 8.73. The molecule has 26 heavy (non-hydrogen) atoms. The molecule has 0 aliphatic heterocycles. The fraction of sp³-hybridized carbons (Fsp3) is 0.250. The number of halogens is 1. The van der Waals surface area contributed by atoms with Crippen molar-refractivity contribution in [2.45, 2.75) is 32.7 Å². The van der Waals surface area contributed by atoms with Gasteiger partial charge in [0.1, 0.15) is 0 Å². The van der Waals surface area contributed by atoms with Crippen molar-refractivity contribution in [1.82, 2.24) is 5.32 Å². The molecule has 0 bridgehead atoms. The fourth-order valence-electron chi connectivity index (χ4n) is 2.35. The third kappa shape index (κ3) is 5.70. The highest BCUT2D eigenvalue weighted by Gasteiger charge is 2.15. The summed E-state index contributed by atoms with van der Waals surface area (Å²) in [4.78, 5) is 36.5. The number of Topliss-reactive ketones (excluding diaryl/α,β-unsaturated/α-hetero) is 1. The molecule has 5 nitrogen and oxygen atoms in total. The lowest BCUT2D eigenvalue weighted by Crippen LogP contribution is -2.31. The molecule has 0 heterocycles. The molecule has 2 N–H and O–H groups in total. The topological polar surface area (TPSA) is 75.3 Å². The number of hydrogen-bond acceptors (Lipinski definition) is 3. The number of para-hydroxylation sites is 1. The maximum absolute atomic E-state index is 12.2. The Labute approximate surface area is 157 Å². The summed E-state index contributed by atoms with van der Waals surface area (Å²) in [6.07, 6.45) is 0.107. The first-order chi connectivity index (χ1) is 12.4. The molecular formula is C20H21ClN2O3. The minimum absolute atomic E-state index is 0.0109. The molecule has 0 fully saturated rings. The predicted octanol–water partition coefficient (Wildman–Crippen LogP) is 4.08. The van der Waals surface area contributed by atoms with E-state index in [9.17, 15) is 14.4 Å². The lowest BCUT2D eigenvalue weighted by atomic mass is 10.1. The van der Waals surface area contributed by atoms with Crippen LogP contribution in [-0.2, 0) is 4.79 Å². The van der Waals surface area contributed by atoms with Gasteiger partial charge in [-0.05, 0) is 50.2 Å². The van der Waals surface area contributed by atoms with Crippen LogP contribution in [-0.4, -0.2) is 23.6 Å². The van der Waals surface area contributed by atoms with Gasteiger partial charge in [-0.1, -0.05) is 23.7 Å². The third-order valence-corrected chi connectivity index (χ3v) is 3.86. The highest BCUT2D eigenvalue weighted by Crippen LogP contribution is 2.16. The lowest BCUT2D eigenvalue weighted by Gasteiger charge is -2.13. The number of ketones is 1. The van der Waals surface area contributed by atoms with E-state index in [0.717, 1.165) is 0 Å². The number of nitrogens with one attached hydrogen (secondary N) is 2. The van der Waals surface area contributed by atoms with Crippen LogP contribution in [0.2, 0.25) is 5.02 Å². The van der Waals surface area contributed by atoms with Crippen molar-refractivity contribution in [2.24, 2.45) is 0 Å². The molecule has 2 amide bonds. The molecular weight excluding hydrogens is 352 g/mol. The number of carbonyl (C=O) groups is 3. The van der Waals surface area contributed by atoms with Crippen LogP contribution in [0.5, 0.6) is 0 Å². The fourth-order valence-corrected chi connectivity index (χ4v) is 2.48. The van der Waals surface area contributed by atoms with E-state index in [1.54, 1.807) is 48.5 Å². The SMILES string of the molecule is CC(C)NC(=O)c1ccccc1NC(=O)CCC(=O)c1ccc(Cl)cc1. The molecule has 0 unspecified atom stereocenters. The van der Waals surface area contributed by atoms with Crippen LogP contribution < -0.4 is 10.6 Å². The molecule has 0 atom stereocenters. The standard InChI is InChI=1S/C20H21ClN2O3/c1-13(2)22-20(26)16-5-3-4-6-17(16)23-19(25)12-11-18(24)14-7-9-15(21)10-8-14/h3-10,13H,11-12H2,1-2H3,(H,22,26)(H,23,25). The van der Waals surface area contributed by atoms with E-state index < -0.39 is 0 Å². The van der Waals surface area contributed by atoms with Crippen LogP contribution >= 0.6 is 11.6 Å². The van der Waals surface area contributed by atoms with Crippen LogP contribution in [0.3, 0.4) is 0 Å². The first kappa shape index (κ1) is 19.7. The van der Waals surface area contributed by atoms with Crippen molar-refractivity contribution in [2.75, 3.05) is 5.32 Å². The first-order valence-electron chi connectivity index (χ1n) is 8.35. The second-order valence-electron chi connectivity index (χ2n) is 6.15. The Morgan fingerprint density at radius 1 is 0.962 bits per heavy atom. The highest BCUT2D eigenvalue weighted by atomic mass is 35.5. The highest BCUT2D eigenvalue weighted by molar-refractivity contribution is 6.30. The van der Waals surface area contributed by atoms with Gasteiger partial charge in [0.05, 0.1) is 11.3 Å². The Morgan fingerprint density at radius 3 is 2.27 bits per heavy atom. The zero-order valence-electron chi connectivity index (χ0n) is 14.7. The molecule has 0 saturated carbocycles. The number of benzene rings is 2. The van der Waals surface area contributed by atoms with Gasteiger partial charge in [0.2, 0.25) is 5.91 Å². The maximum Gasteiger partial charge on any atom is 0.253 e. The summed E-state index contributed by atoms with van der Waals surface area (Å²) in [5.41, 5.74) is 1.33. The summed E-state index contributed by atoms with van der Waals surface area (Å²) < 4.78 is 0. The van der Waals surface area contributed by atoms with E-state index in [2.05, 4.69) is 10.6 Å². The predicted molar refractivity (Wildman–Crippen MR) is 103 cm³/mol. The average molecular weight is 373 g/mol. The van der Waals surface area contributed by atoms with Crippen molar-refractivity contribution in [3.8, 4) is 0 Å². The summed E-state index contributed by atoms with van der Waals surface area (Å²) in [6, 6.07) is 13.3. The van der Waals surface area contributed by atoms with Crippen LogP contribution in [0.15, 0.2) is 48.5 Å². The Balaban J connectivity index is 1.96. The molecule has 2 aromatic rings. The maximum atomic E-state index is 12.2. The number of anilines is 1. The van der Waals surface area contributed by atoms with Crippen LogP contribution in [0.4, 0.5) is 5.69 Å². The van der Waals surface area contributed by atoms with Gasteiger partial charge in [0, 0.05) is 29.5 Å². The van der Waals surface area contributed by atoms with Crippen molar-refractivity contribution in [3.05, 3.63) is 64.7 Å². The van der Waals surface area contributed by atoms with Crippen molar-refractivity contribution < 1.29 is 14.4 Å². The second kappa shape index (κ2) is 9.15. The van der Waals surface area contributed by atoms with Crippen molar-refractivity contribution in [3.63, 3.8) is 0 Å². The van der Waals surface area contributed by atoms with E-state index in [-0.39, 0.29) is 36.5 Å². The molecule has 0 radical (unpaired) electrons. The molecule has 2 aromatic carbocycles. The summed E-state index contributed by atoms with van der Waals surface area (Å²) in [5.74, 6) is -0.715. The third-order valence-electron chi connectivity index (χ3n) is 3.61. The van der Waals surface area contributed by atoms with Crippen LogP contribution in [0, 0.1) is 0 Å². The Bertz CT molecular complexity index is 801. The van der Waals surface area contributed by atoms with Gasteiger partial charge in [0.15, 0.2) is 5.78 Å². The normalized spacial score (nSPS) is 10.5. The van der Waals surface area contributed by atoms with Gasteiger partial charge < -0.3 is 10.6 Å². The second-order valence-corrected chi connectivity index (χ2v) is 6.59. The van der Waals surface area contributed by atoms with E-state index >= 15 is 0 Å². The number of hydrogen-bond donors (Lipinski definition) is 2. The molecule has 0 spiro atoms. The van der Waals surface area contributed by atoms with E-state index in [0.29, 0.717) is 21.8 Å². The smallest absolute Gasteiger partial charge is 0.253 e. The van der Waals surface area contributed by atoms with Crippen molar-refractivity contribution >= 4 is 34.9 Å². The zero-order valence-corrected chi connectivity index (χ0v) is 15.5. The quantitative estimate of drug-likeness (QED) is 0.719. The lowest BCUT2D eigenvalue weighted by molar-refractivity contribution is -0.116. The average Bonchev–Trinajstić information content (AvgIpc) is 2.60. The Morgan fingerprint density at radius 2 is 1.62 bits per heavy atom. The van der Waals surface area contributed by atoms with Gasteiger partial charge in [-0.2, -0.15) is 0 Å². The van der Waals surface area contributed by atoms with E-state index in [1.165, 1.54) is 0 Å². The van der Waals surface area contributed by atoms with E-state index in [4.69, 9.17) is 11.6 Å². The summed E-state index contributed by atoms with van der Waals surface area (Å²) >= 11 is 5.80. The van der Waals surface area contributed by atoms with Gasteiger partial charge in [0.25, 0.3) is 5.91 Å². The number of amides is 2. The molecule has 0 saturated heterocycles. The molecule has 136 valence electrons.